The van der Waals surface area contributed by atoms with E-state index in [1.165, 1.54) is 3.57 Å². The van der Waals surface area contributed by atoms with Crippen molar-refractivity contribution >= 4 is 22.6 Å². The van der Waals surface area contributed by atoms with E-state index in [2.05, 4.69) is 34.7 Å². The molecule has 144 valence electrons. The first-order valence-corrected chi connectivity index (χ1v) is 9.54. The molecule has 4 rings (SSSR count). The smallest absolute Gasteiger partial charge is 0.127 e. The fourth-order valence-electron chi connectivity index (χ4n) is 1.96. The van der Waals surface area contributed by atoms with Crippen molar-refractivity contribution in [3.05, 3.63) is 125 Å². The molecule has 0 unspecified atom stereocenters. The molecule has 28 heavy (non-hydrogen) atoms. The number of hydrogen-bond acceptors (Lipinski definition) is 2. The van der Waals surface area contributed by atoms with Crippen molar-refractivity contribution in [2.45, 2.75) is 7.43 Å². The van der Waals surface area contributed by atoms with Gasteiger partial charge in [-0.05, 0) is 71.1 Å². The number of halogens is 1. The molecule has 0 radical (unpaired) electrons. The standard InChI is InChI=1S/C12H10O.C6H5I.C6H6O.CH4/c1-3-7-11(8-4-1)13-12-9-5-2-6-10-12;2*7-6-4-2-1-3-5-6;/h1-10H;1-5H;1-5,7H;1H4. The Morgan fingerprint density at radius 1 is 0.500 bits per heavy atom. The molecule has 4 aromatic rings. The predicted molar refractivity (Wildman–Crippen MR) is 127 cm³/mol. The Kier molecular flexibility index (Phi) is 11.9. The molecule has 2 nitrogen and oxygen atoms in total. The average molecular weight is 484 g/mol. The van der Waals surface area contributed by atoms with Crippen molar-refractivity contribution in [3.63, 3.8) is 0 Å². The first kappa shape index (κ1) is 23.2. The lowest BCUT2D eigenvalue weighted by Gasteiger charge is -2.03. The molecule has 0 bridgehead atoms. The van der Waals surface area contributed by atoms with Crippen LogP contribution < -0.4 is 4.74 Å². The van der Waals surface area contributed by atoms with Gasteiger partial charge in [0.15, 0.2) is 0 Å². The highest BCUT2D eigenvalue weighted by Crippen LogP contribution is 2.19. The third-order valence-electron chi connectivity index (χ3n) is 3.21. The van der Waals surface area contributed by atoms with Crippen molar-refractivity contribution < 1.29 is 9.84 Å². The fourth-order valence-corrected chi connectivity index (χ4v) is 2.37. The van der Waals surface area contributed by atoms with Crippen LogP contribution in [0.25, 0.3) is 0 Å². The van der Waals surface area contributed by atoms with E-state index in [1.54, 1.807) is 24.3 Å². The number of benzene rings is 4. The molecule has 0 atom stereocenters. The number of phenolic OH excluding ortho intramolecular Hbond substituents is 1. The lowest BCUT2D eigenvalue weighted by molar-refractivity contribution is 0.475. The van der Waals surface area contributed by atoms with Crippen LogP contribution in [0.4, 0.5) is 0 Å². The topological polar surface area (TPSA) is 29.5 Å². The van der Waals surface area contributed by atoms with Crippen LogP contribution in [0.2, 0.25) is 0 Å². The molecule has 0 saturated heterocycles. The first-order valence-electron chi connectivity index (χ1n) is 8.46. The third-order valence-corrected chi connectivity index (χ3v) is 3.93. The van der Waals surface area contributed by atoms with E-state index in [9.17, 15) is 0 Å². The van der Waals surface area contributed by atoms with Gasteiger partial charge in [-0.1, -0.05) is 80.2 Å². The summed E-state index contributed by atoms with van der Waals surface area (Å²) in [4.78, 5) is 0. The minimum atomic E-state index is 0. The highest BCUT2D eigenvalue weighted by Gasteiger charge is 1.92. The Balaban J connectivity index is 0.000000224. The number of aromatic hydroxyl groups is 1. The summed E-state index contributed by atoms with van der Waals surface area (Å²) in [7, 11) is 0. The molecule has 0 saturated carbocycles. The maximum Gasteiger partial charge on any atom is 0.127 e. The lowest BCUT2D eigenvalue weighted by Crippen LogP contribution is -1.81. The van der Waals surface area contributed by atoms with Crippen LogP contribution in [0.5, 0.6) is 17.2 Å². The molecule has 0 aliphatic carbocycles. The van der Waals surface area contributed by atoms with Gasteiger partial charge in [-0.3, -0.25) is 0 Å². The van der Waals surface area contributed by atoms with Gasteiger partial charge in [-0.2, -0.15) is 0 Å². The van der Waals surface area contributed by atoms with E-state index in [1.807, 2.05) is 84.9 Å². The van der Waals surface area contributed by atoms with Crippen molar-refractivity contribution in [2.24, 2.45) is 0 Å². The molecular weight excluding hydrogens is 459 g/mol. The van der Waals surface area contributed by atoms with Crippen molar-refractivity contribution in [1.29, 1.82) is 0 Å². The molecule has 0 spiro atoms. The predicted octanol–water partition coefficient (Wildman–Crippen LogP) is 7.80. The zero-order chi connectivity index (χ0) is 19.2. The Morgan fingerprint density at radius 2 is 0.821 bits per heavy atom. The number of hydrogen-bond donors (Lipinski definition) is 1. The summed E-state index contributed by atoms with van der Waals surface area (Å²) in [6, 6.07) is 38.4. The van der Waals surface area contributed by atoms with E-state index in [0.717, 1.165) is 11.5 Å². The largest absolute Gasteiger partial charge is 0.508 e. The van der Waals surface area contributed by atoms with Crippen molar-refractivity contribution in [3.8, 4) is 17.2 Å². The van der Waals surface area contributed by atoms with Crippen molar-refractivity contribution in [1.82, 2.24) is 0 Å². The van der Waals surface area contributed by atoms with Crippen LogP contribution in [0.1, 0.15) is 7.43 Å². The molecular formula is C25H25IO2. The van der Waals surface area contributed by atoms with Crippen LogP contribution in [0.3, 0.4) is 0 Å². The summed E-state index contributed by atoms with van der Waals surface area (Å²) in [5, 5.41) is 8.63. The zero-order valence-electron chi connectivity index (χ0n) is 14.8. The highest BCUT2D eigenvalue weighted by molar-refractivity contribution is 14.1. The lowest BCUT2D eigenvalue weighted by atomic mass is 10.3. The van der Waals surface area contributed by atoms with Gasteiger partial charge in [-0.15, -0.1) is 0 Å². The van der Waals surface area contributed by atoms with Crippen LogP contribution >= 0.6 is 22.6 Å². The number of rotatable bonds is 2. The van der Waals surface area contributed by atoms with Gasteiger partial charge in [0.2, 0.25) is 0 Å². The summed E-state index contributed by atoms with van der Waals surface area (Å²) < 4.78 is 6.87. The Hall–Kier alpha value is -2.79. The molecule has 0 amide bonds. The second-order valence-corrected chi connectivity index (χ2v) is 6.60. The Morgan fingerprint density at radius 3 is 1.07 bits per heavy atom. The summed E-state index contributed by atoms with van der Waals surface area (Å²) in [5.41, 5.74) is 0. The fraction of sp³-hybridized carbons (Fsp3) is 0.0400. The molecule has 1 N–H and O–H groups in total. The quantitative estimate of drug-likeness (QED) is 0.294. The van der Waals surface area contributed by atoms with Crippen LogP contribution in [-0.2, 0) is 0 Å². The monoisotopic (exact) mass is 484 g/mol. The first-order chi connectivity index (χ1) is 13.2. The SMILES string of the molecule is C.Ic1ccccc1.Oc1ccccc1.c1ccc(Oc2ccccc2)cc1. The van der Waals surface area contributed by atoms with E-state index in [4.69, 9.17) is 9.84 Å². The summed E-state index contributed by atoms with van der Waals surface area (Å²) in [6.07, 6.45) is 0. The van der Waals surface area contributed by atoms with Gasteiger partial charge >= 0.3 is 0 Å². The average Bonchev–Trinajstić information content (AvgIpc) is 2.72. The molecule has 0 fully saturated rings. The van der Waals surface area contributed by atoms with Gasteiger partial charge in [0.25, 0.3) is 0 Å². The molecule has 3 heteroatoms. The van der Waals surface area contributed by atoms with Crippen molar-refractivity contribution in [2.75, 3.05) is 0 Å². The molecule has 4 aromatic carbocycles. The van der Waals surface area contributed by atoms with Crippen LogP contribution in [0.15, 0.2) is 121 Å². The second-order valence-electron chi connectivity index (χ2n) is 5.36. The van der Waals surface area contributed by atoms with E-state index in [-0.39, 0.29) is 7.43 Å². The maximum absolute atomic E-state index is 8.63. The van der Waals surface area contributed by atoms with Gasteiger partial charge in [0.05, 0.1) is 0 Å². The number of ether oxygens (including phenoxy) is 1. The maximum atomic E-state index is 8.63. The van der Waals surface area contributed by atoms with Gasteiger partial charge < -0.3 is 9.84 Å². The summed E-state index contributed by atoms with van der Waals surface area (Å²) in [5.74, 6) is 2.06. The third kappa shape index (κ3) is 10.4. The number of para-hydroxylation sites is 3. The Labute approximate surface area is 181 Å². The molecule has 0 aliphatic rings. The minimum Gasteiger partial charge on any atom is -0.508 e. The molecule has 0 aliphatic heterocycles. The van der Waals surface area contributed by atoms with Crippen LogP contribution in [0, 0.1) is 3.57 Å². The highest BCUT2D eigenvalue weighted by atomic mass is 127. The summed E-state index contributed by atoms with van der Waals surface area (Å²) in [6.45, 7) is 0. The summed E-state index contributed by atoms with van der Waals surface area (Å²) >= 11 is 2.28. The Bertz CT molecular complexity index is 777. The second kappa shape index (κ2) is 14.3. The van der Waals surface area contributed by atoms with E-state index in [0.29, 0.717) is 5.75 Å². The van der Waals surface area contributed by atoms with E-state index >= 15 is 0 Å². The normalized spacial score (nSPS) is 8.75. The minimum absolute atomic E-state index is 0. The molecule has 0 aromatic heterocycles. The van der Waals surface area contributed by atoms with Gasteiger partial charge in [-0.25, -0.2) is 0 Å². The van der Waals surface area contributed by atoms with Gasteiger partial charge in [0.1, 0.15) is 17.2 Å². The zero-order valence-corrected chi connectivity index (χ0v) is 16.9. The molecule has 0 heterocycles. The van der Waals surface area contributed by atoms with Crippen LogP contribution in [-0.4, -0.2) is 5.11 Å². The van der Waals surface area contributed by atoms with E-state index < -0.39 is 0 Å². The van der Waals surface area contributed by atoms with Gasteiger partial charge in [0, 0.05) is 3.57 Å². The number of phenols is 1.